The Hall–Kier alpha value is -3.41. The predicted molar refractivity (Wildman–Crippen MR) is 90.1 cm³/mol. The molecule has 6 heteroatoms. The maximum Gasteiger partial charge on any atom is 0.250 e. The number of nitrogens with one attached hydrogen (secondary N) is 1. The minimum absolute atomic E-state index is 0.0506. The smallest absolute Gasteiger partial charge is 0.250 e. The van der Waals surface area contributed by atoms with Crippen LogP contribution in [-0.2, 0) is 11.3 Å². The van der Waals surface area contributed by atoms with Crippen LogP contribution in [0.2, 0.25) is 0 Å². The average Bonchev–Trinajstić information content (AvgIpc) is 2.58. The number of carbonyl (C=O) groups excluding carboxylic acids is 1. The van der Waals surface area contributed by atoms with Gasteiger partial charge in [-0.05, 0) is 24.3 Å². The van der Waals surface area contributed by atoms with Crippen molar-refractivity contribution < 1.29 is 9.53 Å². The fourth-order valence-corrected chi connectivity index (χ4v) is 2.11. The first-order valence-electron chi connectivity index (χ1n) is 7.35. The van der Waals surface area contributed by atoms with E-state index in [0.29, 0.717) is 17.3 Å². The highest BCUT2D eigenvalue weighted by Gasteiger charge is 2.06. The Kier molecular flexibility index (Phi) is 4.67. The van der Waals surface area contributed by atoms with Gasteiger partial charge in [-0.3, -0.25) is 9.59 Å². The maximum atomic E-state index is 12.1. The molecule has 0 saturated heterocycles. The lowest BCUT2D eigenvalue weighted by Gasteiger charge is -2.09. The molecule has 120 valence electrons. The first-order valence-corrected chi connectivity index (χ1v) is 7.35. The van der Waals surface area contributed by atoms with Crippen molar-refractivity contribution in [2.45, 2.75) is 6.54 Å². The molecule has 1 aromatic carbocycles. The largest absolute Gasteiger partial charge is 0.439 e. The number of amides is 1. The molecule has 0 radical (unpaired) electrons. The summed E-state index contributed by atoms with van der Waals surface area (Å²) in [6.45, 7) is -0.0506. The van der Waals surface area contributed by atoms with Crippen LogP contribution in [0.4, 0.5) is 5.69 Å². The Labute approximate surface area is 138 Å². The monoisotopic (exact) mass is 321 g/mol. The highest BCUT2D eigenvalue weighted by atomic mass is 16.5. The summed E-state index contributed by atoms with van der Waals surface area (Å²) in [5.41, 5.74) is 0.359. The molecule has 0 atom stereocenters. The Morgan fingerprint density at radius 2 is 1.96 bits per heavy atom. The lowest BCUT2D eigenvalue weighted by Crippen LogP contribution is -2.26. The summed E-state index contributed by atoms with van der Waals surface area (Å²) in [7, 11) is 0. The highest BCUT2D eigenvalue weighted by molar-refractivity contribution is 5.90. The number of hydrogen-bond acceptors (Lipinski definition) is 4. The number of pyridine rings is 2. The Balaban J connectivity index is 1.67. The normalized spacial score (nSPS) is 10.2. The van der Waals surface area contributed by atoms with E-state index < -0.39 is 0 Å². The summed E-state index contributed by atoms with van der Waals surface area (Å²) in [5.74, 6) is 0.735. The van der Waals surface area contributed by atoms with E-state index in [-0.39, 0.29) is 18.0 Å². The minimum Gasteiger partial charge on any atom is -0.439 e. The Morgan fingerprint density at radius 3 is 2.75 bits per heavy atom. The molecular formula is C18H15N3O3. The number of nitrogens with zero attached hydrogens (tertiary/aromatic N) is 2. The Bertz CT molecular complexity index is 891. The molecule has 0 saturated carbocycles. The topological polar surface area (TPSA) is 73.2 Å². The van der Waals surface area contributed by atoms with E-state index in [9.17, 15) is 9.59 Å². The molecule has 0 unspecified atom stereocenters. The maximum absolute atomic E-state index is 12.1. The van der Waals surface area contributed by atoms with Gasteiger partial charge in [0.2, 0.25) is 11.8 Å². The van der Waals surface area contributed by atoms with Crippen molar-refractivity contribution >= 4 is 11.6 Å². The van der Waals surface area contributed by atoms with Gasteiger partial charge in [-0.15, -0.1) is 0 Å². The summed E-state index contributed by atoms with van der Waals surface area (Å²) in [6.07, 6.45) is 3.21. The molecule has 0 fully saturated rings. The first-order chi connectivity index (χ1) is 11.7. The van der Waals surface area contributed by atoms with Gasteiger partial charge in [0.25, 0.3) is 5.56 Å². The molecule has 0 aliphatic heterocycles. The molecule has 0 bridgehead atoms. The van der Waals surface area contributed by atoms with Crippen molar-refractivity contribution in [1.29, 1.82) is 0 Å². The molecule has 0 spiro atoms. The van der Waals surface area contributed by atoms with Crippen LogP contribution in [-0.4, -0.2) is 15.5 Å². The zero-order valence-electron chi connectivity index (χ0n) is 12.8. The predicted octanol–water partition coefficient (Wildman–Crippen LogP) is 2.67. The van der Waals surface area contributed by atoms with Crippen LogP contribution in [0, 0.1) is 0 Å². The van der Waals surface area contributed by atoms with Crippen LogP contribution >= 0.6 is 0 Å². The van der Waals surface area contributed by atoms with Crippen LogP contribution in [0.25, 0.3) is 0 Å². The molecule has 1 N–H and O–H groups in total. The molecule has 2 aromatic heterocycles. The van der Waals surface area contributed by atoms with E-state index in [0.717, 1.165) is 0 Å². The Morgan fingerprint density at radius 1 is 1.08 bits per heavy atom. The second-order valence-corrected chi connectivity index (χ2v) is 5.01. The number of benzene rings is 1. The van der Waals surface area contributed by atoms with E-state index in [1.54, 1.807) is 60.9 Å². The molecule has 6 nitrogen and oxygen atoms in total. The summed E-state index contributed by atoms with van der Waals surface area (Å²) in [6, 6.07) is 17.1. The van der Waals surface area contributed by atoms with Crippen molar-refractivity contribution in [3.8, 4) is 11.6 Å². The first kappa shape index (κ1) is 15.5. The van der Waals surface area contributed by atoms with Crippen molar-refractivity contribution in [2.24, 2.45) is 0 Å². The van der Waals surface area contributed by atoms with E-state index in [1.165, 1.54) is 10.6 Å². The third-order valence-electron chi connectivity index (χ3n) is 3.19. The van der Waals surface area contributed by atoms with E-state index in [4.69, 9.17) is 4.74 Å². The molecule has 2 heterocycles. The lowest BCUT2D eigenvalue weighted by atomic mass is 10.3. The quantitative estimate of drug-likeness (QED) is 0.784. The van der Waals surface area contributed by atoms with Gasteiger partial charge < -0.3 is 14.6 Å². The van der Waals surface area contributed by atoms with Gasteiger partial charge >= 0.3 is 0 Å². The van der Waals surface area contributed by atoms with Crippen LogP contribution in [0.3, 0.4) is 0 Å². The van der Waals surface area contributed by atoms with Crippen molar-refractivity contribution in [1.82, 2.24) is 9.55 Å². The third-order valence-corrected chi connectivity index (χ3v) is 3.19. The minimum atomic E-state index is -0.293. The number of ether oxygens (including phenoxy) is 1. The second kappa shape index (κ2) is 7.23. The number of rotatable bonds is 5. The van der Waals surface area contributed by atoms with Crippen molar-refractivity contribution in [2.75, 3.05) is 5.32 Å². The summed E-state index contributed by atoms with van der Waals surface area (Å²) < 4.78 is 6.96. The third kappa shape index (κ3) is 4.07. The summed E-state index contributed by atoms with van der Waals surface area (Å²) >= 11 is 0. The van der Waals surface area contributed by atoms with Crippen molar-refractivity contribution in [3.63, 3.8) is 0 Å². The molecule has 3 aromatic rings. The second-order valence-electron chi connectivity index (χ2n) is 5.01. The van der Waals surface area contributed by atoms with Gasteiger partial charge in [0.15, 0.2) is 0 Å². The van der Waals surface area contributed by atoms with Crippen LogP contribution < -0.4 is 15.6 Å². The van der Waals surface area contributed by atoms with Gasteiger partial charge in [0.05, 0.1) is 0 Å². The van der Waals surface area contributed by atoms with Gasteiger partial charge in [-0.1, -0.05) is 18.2 Å². The van der Waals surface area contributed by atoms with E-state index >= 15 is 0 Å². The SMILES string of the molecule is O=C(Cn1ccccc1=O)Nc1cccc(Oc2ccccn2)c1. The number of anilines is 1. The van der Waals surface area contributed by atoms with Crippen LogP contribution in [0.1, 0.15) is 0 Å². The van der Waals surface area contributed by atoms with Gasteiger partial charge in [0.1, 0.15) is 12.3 Å². The summed E-state index contributed by atoms with van der Waals surface area (Å²) in [5, 5.41) is 2.74. The lowest BCUT2D eigenvalue weighted by molar-refractivity contribution is -0.116. The zero-order valence-corrected chi connectivity index (χ0v) is 12.8. The molecule has 24 heavy (non-hydrogen) atoms. The van der Waals surface area contributed by atoms with Gasteiger partial charge in [-0.2, -0.15) is 0 Å². The summed E-state index contributed by atoms with van der Waals surface area (Å²) in [4.78, 5) is 27.8. The molecular weight excluding hydrogens is 306 g/mol. The van der Waals surface area contributed by atoms with Gasteiger partial charge in [0, 0.05) is 36.3 Å². The standard InChI is InChI=1S/C18H15N3O3/c22-16(13-21-11-4-2-9-18(21)23)20-14-6-5-7-15(12-14)24-17-8-1-3-10-19-17/h1-12H,13H2,(H,20,22). The average molecular weight is 321 g/mol. The fourth-order valence-electron chi connectivity index (χ4n) is 2.11. The number of hydrogen-bond donors (Lipinski definition) is 1. The van der Waals surface area contributed by atoms with Gasteiger partial charge in [-0.25, -0.2) is 4.98 Å². The molecule has 3 rings (SSSR count). The number of aromatic nitrogens is 2. The molecule has 0 aliphatic rings. The highest BCUT2D eigenvalue weighted by Crippen LogP contribution is 2.22. The fraction of sp³-hybridized carbons (Fsp3) is 0.0556. The molecule has 1 amide bonds. The van der Waals surface area contributed by atoms with Crippen LogP contribution in [0.5, 0.6) is 11.6 Å². The van der Waals surface area contributed by atoms with E-state index in [1.807, 2.05) is 6.07 Å². The zero-order chi connectivity index (χ0) is 16.8. The van der Waals surface area contributed by atoms with E-state index in [2.05, 4.69) is 10.3 Å². The molecule has 0 aliphatic carbocycles. The van der Waals surface area contributed by atoms with Crippen LogP contribution in [0.15, 0.2) is 77.9 Å². The van der Waals surface area contributed by atoms with Crippen molar-refractivity contribution in [3.05, 3.63) is 83.4 Å². The number of carbonyl (C=O) groups is 1.